The molecule has 6 nitrogen and oxygen atoms in total. The second-order valence-corrected chi connectivity index (χ2v) is 6.89. The van der Waals surface area contributed by atoms with Gasteiger partial charge in [0, 0.05) is 30.3 Å². The third-order valence-corrected chi connectivity index (χ3v) is 5.05. The summed E-state index contributed by atoms with van der Waals surface area (Å²) in [5, 5.41) is 2.90. The summed E-state index contributed by atoms with van der Waals surface area (Å²) in [6.45, 7) is 2.56. The molecule has 28 heavy (non-hydrogen) atoms. The van der Waals surface area contributed by atoms with Gasteiger partial charge in [-0.05, 0) is 56.2 Å². The number of likely N-dealkylation sites (tertiary alicyclic amines) is 1. The number of hydrogen-bond donors (Lipinski definition) is 1. The Hall–Kier alpha value is -3.15. The highest BCUT2D eigenvalue weighted by Gasteiger charge is 2.28. The number of carbonyl (C=O) groups is 3. The molecule has 2 aromatic carbocycles. The van der Waals surface area contributed by atoms with Crippen molar-refractivity contribution in [2.75, 3.05) is 25.5 Å². The van der Waals surface area contributed by atoms with Crippen LogP contribution in [0, 0.1) is 5.92 Å². The summed E-state index contributed by atoms with van der Waals surface area (Å²) in [4.78, 5) is 38.4. The minimum atomic E-state index is -0.144. The van der Waals surface area contributed by atoms with Gasteiger partial charge in [-0.1, -0.05) is 12.1 Å². The molecule has 1 aliphatic heterocycles. The maximum Gasteiger partial charge on any atom is 0.257 e. The van der Waals surface area contributed by atoms with E-state index in [0.29, 0.717) is 48.5 Å². The number of nitrogens with one attached hydrogen (secondary N) is 1. The first-order chi connectivity index (χ1) is 13.5. The number of methoxy groups -OCH3 is 1. The summed E-state index contributed by atoms with van der Waals surface area (Å²) < 4.78 is 5.27. The Morgan fingerprint density at radius 3 is 2.25 bits per heavy atom. The van der Waals surface area contributed by atoms with Crippen molar-refractivity contribution in [3.63, 3.8) is 0 Å². The molecule has 1 fully saturated rings. The summed E-state index contributed by atoms with van der Waals surface area (Å²) in [6, 6.07) is 14.0. The SMILES string of the molecule is COc1ccccc1C(=O)N1CCC(C(=O)Nc2ccc(C(C)=O)cc2)CC1. The van der Waals surface area contributed by atoms with Crippen molar-refractivity contribution in [1.82, 2.24) is 4.90 Å². The molecule has 0 bridgehead atoms. The normalized spacial score (nSPS) is 14.4. The van der Waals surface area contributed by atoms with Crippen molar-refractivity contribution in [3.05, 3.63) is 59.7 Å². The molecule has 3 rings (SSSR count). The van der Waals surface area contributed by atoms with E-state index in [1.165, 1.54) is 6.92 Å². The number of para-hydroxylation sites is 1. The number of benzene rings is 2. The molecule has 1 heterocycles. The van der Waals surface area contributed by atoms with Crippen LogP contribution in [0.4, 0.5) is 5.69 Å². The van der Waals surface area contributed by atoms with E-state index in [0.717, 1.165) is 0 Å². The molecule has 0 unspecified atom stereocenters. The summed E-state index contributed by atoms with van der Waals surface area (Å²) >= 11 is 0. The van der Waals surface area contributed by atoms with E-state index in [1.807, 2.05) is 12.1 Å². The van der Waals surface area contributed by atoms with Gasteiger partial charge in [0.1, 0.15) is 5.75 Å². The predicted octanol–water partition coefficient (Wildman–Crippen LogP) is 3.39. The Morgan fingerprint density at radius 1 is 1.00 bits per heavy atom. The van der Waals surface area contributed by atoms with Gasteiger partial charge in [-0.15, -0.1) is 0 Å². The van der Waals surface area contributed by atoms with E-state index in [9.17, 15) is 14.4 Å². The van der Waals surface area contributed by atoms with Crippen molar-refractivity contribution in [2.24, 2.45) is 5.92 Å². The Balaban J connectivity index is 1.56. The summed E-state index contributed by atoms with van der Waals surface area (Å²) in [6.07, 6.45) is 1.22. The molecule has 1 aliphatic rings. The van der Waals surface area contributed by atoms with Crippen molar-refractivity contribution >= 4 is 23.3 Å². The highest BCUT2D eigenvalue weighted by atomic mass is 16.5. The molecule has 6 heteroatoms. The van der Waals surface area contributed by atoms with E-state index in [2.05, 4.69) is 5.32 Å². The van der Waals surface area contributed by atoms with Crippen LogP contribution < -0.4 is 10.1 Å². The lowest BCUT2D eigenvalue weighted by Gasteiger charge is -2.31. The number of ether oxygens (including phenoxy) is 1. The fraction of sp³-hybridized carbons (Fsp3) is 0.318. The van der Waals surface area contributed by atoms with Gasteiger partial charge in [-0.25, -0.2) is 0 Å². The molecule has 1 N–H and O–H groups in total. The van der Waals surface area contributed by atoms with Gasteiger partial charge in [0.2, 0.25) is 5.91 Å². The maximum atomic E-state index is 12.8. The van der Waals surface area contributed by atoms with Crippen LogP contribution in [0.1, 0.15) is 40.5 Å². The van der Waals surface area contributed by atoms with Gasteiger partial charge in [0.15, 0.2) is 5.78 Å². The summed E-state index contributed by atoms with van der Waals surface area (Å²) in [5.41, 5.74) is 1.82. The smallest absolute Gasteiger partial charge is 0.257 e. The van der Waals surface area contributed by atoms with Crippen LogP contribution in [0.15, 0.2) is 48.5 Å². The number of hydrogen-bond acceptors (Lipinski definition) is 4. The van der Waals surface area contributed by atoms with E-state index >= 15 is 0 Å². The molecule has 146 valence electrons. The quantitative estimate of drug-likeness (QED) is 0.807. The molecule has 0 spiro atoms. The van der Waals surface area contributed by atoms with Crippen LogP contribution in [0.5, 0.6) is 5.75 Å². The van der Waals surface area contributed by atoms with Gasteiger partial charge in [0.25, 0.3) is 5.91 Å². The number of carbonyl (C=O) groups excluding carboxylic acids is 3. The summed E-state index contributed by atoms with van der Waals surface area (Å²) in [5.74, 6) is 0.275. The van der Waals surface area contributed by atoms with Gasteiger partial charge in [0.05, 0.1) is 12.7 Å². The van der Waals surface area contributed by atoms with E-state index in [1.54, 1.807) is 48.4 Å². The second-order valence-electron chi connectivity index (χ2n) is 6.89. The van der Waals surface area contributed by atoms with E-state index < -0.39 is 0 Å². The molecule has 2 aromatic rings. The third-order valence-electron chi connectivity index (χ3n) is 5.05. The number of rotatable bonds is 5. The molecule has 0 aliphatic carbocycles. The van der Waals surface area contributed by atoms with E-state index in [4.69, 9.17) is 4.74 Å². The molecule has 0 aromatic heterocycles. The first-order valence-electron chi connectivity index (χ1n) is 9.33. The average Bonchev–Trinajstić information content (AvgIpc) is 2.73. The Labute approximate surface area is 164 Å². The number of piperidine rings is 1. The standard InChI is InChI=1S/C22H24N2O4/c1-15(25)16-7-9-18(10-8-16)23-21(26)17-11-13-24(14-12-17)22(27)19-5-3-4-6-20(19)28-2/h3-10,17H,11-14H2,1-2H3,(H,23,26). The van der Waals surface area contributed by atoms with Crippen LogP contribution in [0.25, 0.3) is 0 Å². The molecule has 0 atom stereocenters. The minimum Gasteiger partial charge on any atom is -0.496 e. The van der Waals surface area contributed by atoms with Crippen molar-refractivity contribution in [2.45, 2.75) is 19.8 Å². The van der Waals surface area contributed by atoms with Gasteiger partial charge in [-0.3, -0.25) is 14.4 Å². The molecule has 1 saturated heterocycles. The number of anilines is 1. The van der Waals surface area contributed by atoms with Gasteiger partial charge < -0.3 is 15.0 Å². The molecule has 2 amide bonds. The summed E-state index contributed by atoms with van der Waals surface area (Å²) in [7, 11) is 1.55. The fourth-order valence-electron chi connectivity index (χ4n) is 3.37. The minimum absolute atomic E-state index is 0.00929. The highest BCUT2D eigenvalue weighted by Crippen LogP contribution is 2.24. The van der Waals surface area contributed by atoms with Crippen molar-refractivity contribution in [1.29, 1.82) is 0 Å². The van der Waals surface area contributed by atoms with Gasteiger partial charge in [-0.2, -0.15) is 0 Å². The van der Waals surface area contributed by atoms with Crippen molar-refractivity contribution in [3.8, 4) is 5.75 Å². The van der Waals surface area contributed by atoms with Crippen LogP contribution in [0.2, 0.25) is 0 Å². The average molecular weight is 380 g/mol. The van der Waals surface area contributed by atoms with Gasteiger partial charge >= 0.3 is 0 Å². The number of amides is 2. The largest absolute Gasteiger partial charge is 0.496 e. The zero-order valence-electron chi connectivity index (χ0n) is 16.1. The second kappa shape index (κ2) is 8.69. The zero-order valence-corrected chi connectivity index (χ0v) is 16.1. The predicted molar refractivity (Wildman–Crippen MR) is 107 cm³/mol. The Morgan fingerprint density at radius 2 is 1.64 bits per heavy atom. The Bertz CT molecular complexity index is 868. The number of ketones is 1. The lowest BCUT2D eigenvalue weighted by atomic mass is 9.95. The van der Waals surface area contributed by atoms with E-state index in [-0.39, 0.29) is 23.5 Å². The molecular weight excluding hydrogens is 356 g/mol. The van der Waals surface area contributed by atoms with Crippen LogP contribution in [-0.2, 0) is 4.79 Å². The number of nitrogens with zero attached hydrogens (tertiary/aromatic N) is 1. The maximum absolute atomic E-state index is 12.8. The first-order valence-corrected chi connectivity index (χ1v) is 9.33. The highest BCUT2D eigenvalue weighted by molar-refractivity contribution is 5.98. The zero-order chi connectivity index (χ0) is 20.1. The molecule has 0 saturated carbocycles. The Kier molecular flexibility index (Phi) is 6.09. The first kappa shape index (κ1) is 19.6. The van der Waals surface area contributed by atoms with Crippen molar-refractivity contribution < 1.29 is 19.1 Å². The van der Waals surface area contributed by atoms with Crippen LogP contribution in [-0.4, -0.2) is 42.7 Å². The lowest BCUT2D eigenvalue weighted by Crippen LogP contribution is -2.41. The monoisotopic (exact) mass is 380 g/mol. The number of Topliss-reactive ketones (excluding diaryl/α,β-unsaturated/α-hetero) is 1. The topological polar surface area (TPSA) is 75.7 Å². The molecule has 0 radical (unpaired) electrons. The van der Waals surface area contributed by atoms with Crippen LogP contribution >= 0.6 is 0 Å². The fourth-order valence-corrected chi connectivity index (χ4v) is 3.37. The lowest BCUT2D eigenvalue weighted by molar-refractivity contribution is -0.121. The van der Waals surface area contributed by atoms with Crippen LogP contribution in [0.3, 0.4) is 0 Å². The molecular formula is C22H24N2O4. The third kappa shape index (κ3) is 4.39.